The van der Waals surface area contributed by atoms with Crippen molar-refractivity contribution in [1.29, 1.82) is 0 Å². The Morgan fingerprint density at radius 3 is 2.82 bits per heavy atom. The first kappa shape index (κ1) is 14.8. The number of carbonyl (C=O) groups is 1. The van der Waals surface area contributed by atoms with E-state index in [1.54, 1.807) is 28.9 Å². The van der Waals surface area contributed by atoms with E-state index in [-0.39, 0.29) is 17.2 Å². The molecule has 0 spiro atoms. The molecule has 0 saturated heterocycles. The molecule has 0 bridgehead atoms. The molecular weight excluding hydrogens is 330 g/mol. The zero-order valence-corrected chi connectivity index (χ0v) is 12.6. The van der Waals surface area contributed by atoms with Gasteiger partial charge in [0.15, 0.2) is 0 Å². The second-order valence-electron chi connectivity index (χ2n) is 4.55. The van der Waals surface area contributed by atoms with Crippen molar-refractivity contribution >= 4 is 34.8 Å². The van der Waals surface area contributed by atoms with Gasteiger partial charge in [-0.1, -0.05) is 23.2 Å². The summed E-state index contributed by atoms with van der Waals surface area (Å²) in [5.41, 5.74) is 1.36. The fraction of sp³-hybridized carbons (Fsp3) is 0.0667. The van der Waals surface area contributed by atoms with E-state index in [9.17, 15) is 9.18 Å². The van der Waals surface area contributed by atoms with Gasteiger partial charge in [-0.15, -0.1) is 0 Å². The molecule has 0 saturated carbocycles. The summed E-state index contributed by atoms with van der Waals surface area (Å²) in [4.78, 5) is 16.2. The molecule has 0 aliphatic carbocycles. The Labute approximate surface area is 135 Å². The van der Waals surface area contributed by atoms with Crippen molar-refractivity contribution in [2.24, 2.45) is 0 Å². The first-order valence-corrected chi connectivity index (χ1v) is 7.04. The molecule has 22 heavy (non-hydrogen) atoms. The van der Waals surface area contributed by atoms with Gasteiger partial charge in [0.2, 0.25) is 0 Å². The monoisotopic (exact) mass is 338 g/mol. The number of halogens is 3. The Kier molecular flexibility index (Phi) is 4.00. The minimum Gasteiger partial charge on any atom is -0.455 e. The summed E-state index contributed by atoms with van der Waals surface area (Å²) in [7, 11) is 0. The van der Waals surface area contributed by atoms with E-state index in [0.29, 0.717) is 16.4 Å². The molecule has 0 aliphatic heterocycles. The molecule has 0 aliphatic rings. The number of hydrogen-bond donors (Lipinski definition) is 0. The summed E-state index contributed by atoms with van der Waals surface area (Å²) in [6.45, 7) is -0.0220. The summed E-state index contributed by atoms with van der Waals surface area (Å²) < 4.78 is 19.8. The molecule has 4 nitrogen and oxygen atoms in total. The Morgan fingerprint density at radius 2 is 2.05 bits per heavy atom. The highest BCUT2D eigenvalue weighted by Crippen LogP contribution is 2.19. The third kappa shape index (κ3) is 3.05. The number of benzene rings is 1. The average molecular weight is 339 g/mol. The van der Waals surface area contributed by atoms with Crippen molar-refractivity contribution in [2.75, 3.05) is 0 Å². The number of fused-ring (bicyclic) bond motifs is 1. The maximum Gasteiger partial charge on any atom is 0.340 e. The lowest BCUT2D eigenvalue weighted by molar-refractivity contribution is 0.0468. The van der Waals surface area contributed by atoms with Crippen molar-refractivity contribution in [2.45, 2.75) is 6.61 Å². The lowest BCUT2D eigenvalue weighted by Crippen LogP contribution is -2.06. The number of hydrogen-bond acceptors (Lipinski definition) is 3. The molecule has 0 unspecified atom stereocenters. The summed E-state index contributed by atoms with van der Waals surface area (Å²) in [5.74, 6) is -1.15. The number of esters is 1. The van der Waals surface area contributed by atoms with Crippen molar-refractivity contribution in [3.05, 3.63) is 69.8 Å². The Hall–Kier alpha value is -2.11. The van der Waals surface area contributed by atoms with E-state index >= 15 is 0 Å². The van der Waals surface area contributed by atoms with Gasteiger partial charge in [-0.3, -0.25) is 0 Å². The highest BCUT2D eigenvalue weighted by atomic mass is 35.5. The number of aromatic nitrogens is 2. The summed E-state index contributed by atoms with van der Waals surface area (Å²) in [6, 6.07) is 6.96. The number of rotatable bonds is 3. The highest BCUT2D eigenvalue weighted by Gasteiger charge is 2.13. The molecule has 0 atom stereocenters. The lowest BCUT2D eigenvalue weighted by Gasteiger charge is -2.04. The summed E-state index contributed by atoms with van der Waals surface area (Å²) in [6.07, 6.45) is 3.41. The van der Waals surface area contributed by atoms with E-state index in [2.05, 4.69) is 4.98 Å². The smallest absolute Gasteiger partial charge is 0.340 e. The highest BCUT2D eigenvalue weighted by molar-refractivity contribution is 6.33. The standard InChI is InChI=1S/C15H9Cl2FN2O2/c16-9-1-4-14-19-11(7-20(14)6-9)8-22-15(21)12-3-2-10(18)5-13(12)17/h1-7H,8H2. The summed E-state index contributed by atoms with van der Waals surface area (Å²) >= 11 is 11.7. The van der Waals surface area contributed by atoms with Crippen molar-refractivity contribution in [1.82, 2.24) is 9.38 Å². The minimum absolute atomic E-state index is 0.00628. The zero-order chi connectivity index (χ0) is 15.7. The quantitative estimate of drug-likeness (QED) is 0.674. The van der Waals surface area contributed by atoms with Gasteiger partial charge in [0.05, 0.1) is 21.3 Å². The van der Waals surface area contributed by atoms with Crippen LogP contribution in [0.2, 0.25) is 10.0 Å². The van der Waals surface area contributed by atoms with Crippen molar-refractivity contribution in [3.8, 4) is 0 Å². The molecule has 1 aromatic carbocycles. The molecular formula is C15H9Cl2FN2O2. The molecule has 0 fully saturated rings. The van der Waals surface area contributed by atoms with Crippen LogP contribution in [0, 0.1) is 5.82 Å². The molecule has 3 aromatic rings. The molecule has 2 heterocycles. The molecule has 0 radical (unpaired) electrons. The zero-order valence-electron chi connectivity index (χ0n) is 11.1. The van der Waals surface area contributed by atoms with Crippen LogP contribution in [-0.4, -0.2) is 15.4 Å². The van der Waals surface area contributed by atoms with Crippen LogP contribution in [-0.2, 0) is 11.3 Å². The van der Waals surface area contributed by atoms with Gasteiger partial charge in [0.1, 0.15) is 18.1 Å². The molecule has 0 N–H and O–H groups in total. The third-order valence-corrected chi connectivity index (χ3v) is 3.50. The molecule has 7 heteroatoms. The SMILES string of the molecule is O=C(OCc1cn2cc(Cl)ccc2n1)c1ccc(F)cc1Cl. The van der Waals surface area contributed by atoms with Gasteiger partial charge in [-0.2, -0.15) is 0 Å². The maximum absolute atomic E-state index is 13.0. The Morgan fingerprint density at radius 1 is 1.23 bits per heavy atom. The van der Waals surface area contributed by atoms with Crippen LogP contribution in [0.3, 0.4) is 0 Å². The molecule has 2 aromatic heterocycles. The van der Waals surface area contributed by atoms with E-state index in [1.807, 2.05) is 0 Å². The first-order chi connectivity index (χ1) is 10.5. The second kappa shape index (κ2) is 5.94. The van der Waals surface area contributed by atoms with Gasteiger partial charge in [0.25, 0.3) is 0 Å². The van der Waals surface area contributed by atoms with Crippen molar-refractivity contribution < 1.29 is 13.9 Å². The number of pyridine rings is 1. The Bertz CT molecular complexity index is 864. The number of imidazole rings is 1. The Balaban J connectivity index is 1.74. The normalized spacial score (nSPS) is 10.9. The van der Waals surface area contributed by atoms with Crippen LogP contribution in [0.5, 0.6) is 0 Å². The second-order valence-corrected chi connectivity index (χ2v) is 5.39. The third-order valence-electron chi connectivity index (χ3n) is 2.97. The maximum atomic E-state index is 13.0. The van der Waals surface area contributed by atoms with Crippen LogP contribution in [0.25, 0.3) is 5.65 Å². The molecule has 3 rings (SSSR count). The van der Waals surface area contributed by atoms with Crippen LogP contribution >= 0.6 is 23.2 Å². The topological polar surface area (TPSA) is 43.6 Å². The van der Waals surface area contributed by atoms with Gasteiger partial charge in [-0.25, -0.2) is 14.2 Å². The minimum atomic E-state index is -0.639. The molecule has 112 valence electrons. The largest absolute Gasteiger partial charge is 0.455 e. The van der Waals surface area contributed by atoms with E-state index in [1.165, 1.54) is 6.07 Å². The number of carbonyl (C=O) groups excluding carboxylic acids is 1. The van der Waals surface area contributed by atoms with Crippen LogP contribution < -0.4 is 0 Å². The molecule has 0 amide bonds. The van der Waals surface area contributed by atoms with Crippen LogP contribution in [0.4, 0.5) is 4.39 Å². The first-order valence-electron chi connectivity index (χ1n) is 6.28. The van der Waals surface area contributed by atoms with Crippen molar-refractivity contribution in [3.63, 3.8) is 0 Å². The summed E-state index contributed by atoms with van der Waals surface area (Å²) in [5, 5.41) is 0.582. The lowest BCUT2D eigenvalue weighted by atomic mass is 10.2. The van der Waals surface area contributed by atoms with Crippen LogP contribution in [0.1, 0.15) is 16.1 Å². The van der Waals surface area contributed by atoms with Gasteiger partial charge >= 0.3 is 5.97 Å². The predicted octanol–water partition coefficient (Wildman–Crippen LogP) is 4.14. The fourth-order valence-corrected chi connectivity index (χ4v) is 2.37. The fourth-order valence-electron chi connectivity index (χ4n) is 1.96. The van der Waals surface area contributed by atoms with Crippen LogP contribution in [0.15, 0.2) is 42.7 Å². The van der Waals surface area contributed by atoms with E-state index < -0.39 is 11.8 Å². The number of ether oxygens (including phenoxy) is 1. The predicted molar refractivity (Wildman–Crippen MR) is 80.7 cm³/mol. The average Bonchev–Trinajstić information content (AvgIpc) is 2.86. The van der Waals surface area contributed by atoms with E-state index in [0.717, 1.165) is 12.1 Å². The van der Waals surface area contributed by atoms with Gasteiger partial charge in [0, 0.05) is 12.4 Å². The number of nitrogens with zero attached hydrogens (tertiary/aromatic N) is 2. The van der Waals surface area contributed by atoms with E-state index in [4.69, 9.17) is 27.9 Å². The van der Waals surface area contributed by atoms with Gasteiger partial charge < -0.3 is 9.14 Å². The van der Waals surface area contributed by atoms with Gasteiger partial charge in [-0.05, 0) is 30.3 Å².